The maximum atomic E-state index is 12.2. The maximum Gasteiger partial charge on any atom is 0.324 e. The third-order valence-corrected chi connectivity index (χ3v) is 4.11. The van der Waals surface area contributed by atoms with Crippen LogP contribution < -0.4 is 4.72 Å². The van der Waals surface area contributed by atoms with E-state index < -0.39 is 27.6 Å². The van der Waals surface area contributed by atoms with Crippen LogP contribution in [0.15, 0.2) is 9.42 Å². The van der Waals surface area contributed by atoms with Gasteiger partial charge in [0, 0.05) is 0 Å². The zero-order valence-corrected chi connectivity index (χ0v) is 13.3. The number of carbonyl (C=O) groups is 1. The molecule has 1 N–H and O–H groups in total. The quantitative estimate of drug-likeness (QED) is 0.842. The summed E-state index contributed by atoms with van der Waals surface area (Å²) < 4.78 is 36.6. The minimum absolute atomic E-state index is 0.0482. The molecule has 1 atom stereocenters. The molecule has 0 spiro atoms. The number of ether oxygens (including phenoxy) is 1. The van der Waals surface area contributed by atoms with Crippen molar-refractivity contribution < 1.29 is 22.5 Å². The lowest BCUT2D eigenvalue weighted by Crippen LogP contribution is -2.42. The van der Waals surface area contributed by atoms with Crippen LogP contribution in [0.4, 0.5) is 0 Å². The van der Waals surface area contributed by atoms with Crippen molar-refractivity contribution in [3.8, 4) is 0 Å². The van der Waals surface area contributed by atoms with Gasteiger partial charge in [-0.3, -0.25) is 4.79 Å². The van der Waals surface area contributed by atoms with E-state index in [1.807, 2.05) is 0 Å². The van der Waals surface area contributed by atoms with Gasteiger partial charge in [-0.15, -0.1) is 0 Å². The molecular formula is C12H20N2O5S. The standard InChI is InChI=1S/C12H20N2O5S/c1-7-10(9(3)19-13-7)20(16,17)14-8(2)11(15)18-12(4,5)6/h8,14H,1-6H3/t8-/m1/s1. The number of carbonyl (C=O) groups excluding carboxylic acids is 1. The highest BCUT2D eigenvalue weighted by atomic mass is 32.2. The average molecular weight is 304 g/mol. The van der Waals surface area contributed by atoms with Gasteiger partial charge in [-0.05, 0) is 41.5 Å². The van der Waals surface area contributed by atoms with Gasteiger partial charge in [-0.2, -0.15) is 4.72 Å². The van der Waals surface area contributed by atoms with E-state index in [1.54, 1.807) is 20.8 Å². The first kappa shape index (κ1) is 16.6. The highest BCUT2D eigenvalue weighted by Gasteiger charge is 2.30. The van der Waals surface area contributed by atoms with Crippen molar-refractivity contribution in [1.29, 1.82) is 0 Å². The van der Waals surface area contributed by atoms with Crippen LogP contribution in [-0.4, -0.2) is 31.2 Å². The Balaban J connectivity index is 2.90. The number of rotatable bonds is 4. The summed E-state index contributed by atoms with van der Waals surface area (Å²) in [5.41, 5.74) is -0.439. The van der Waals surface area contributed by atoms with E-state index >= 15 is 0 Å². The molecule has 1 aromatic rings. The van der Waals surface area contributed by atoms with Gasteiger partial charge >= 0.3 is 5.97 Å². The van der Waals surface area contributed by atoms with Crippen molar-refractivity contribution in [3.63, 3.8) is 0 Å². The van der Waals surface area contributed by atoms with E-state index in [9.17, 15) is 13.2 Å². The molecule has 0 aliphatic carbocycles. The van der Waals surface area contributed by atoms with Crippen molar-refractivity contribution in [2.75, 3.05) is 0 Å². The van der Waals surface area contributed by atoms with Gasteiger partial charge in [0.25, 0.3) is 0 Å². The van der Waals surface area contributed by atoms with E-state index in [0.29, 0.717) is 0 Å². The third-order valence-electron chi connectivity index (χ3n) is 2.33. The molecule has 1 rings (SSSR count). The number of sulfonamides is 1. The molecule has 7 nitrogen and oxygen atoms in total. The molecule has 0 unspecified atom stereocenters. The van der Waals surface area contributed by atoms with Crippen LogP contribution in [0.2, 0.25) is 0 Å². The molecule has 0 fully saturated rings. The van der Waals surface area contributed by atoms with Crippen LogP contribution in [0, 0.1) is 13.8 Å². The number of hydrogen-bond donors (Lipinski definition) is 1. The van der Waals surface area contributed by atoms with Crippen molar-refractivity contribution in [2.24, 2.45) is 0 Å². The first-order chi connectivity index (χ1) is 8.94. The molecule has 0 amide bonds. The van der Waals surface area contributed by atoms with E-state index in [-0.39, 0.29) is 16.3 Å². The molecule has 1 aromatic heterocycles. The monoisotopic (exact) mass is 304 g/mol. The lowest BCUT2D eigenvalue weighted by atomic mass is 10.2. The van der Waals surface area contributed by atoms with Gasteiger partial charge in [0.15, 0.2) is 5.76 Å². The molecule has 1 heterocycles. The number of aromatic nitrogens is 1. The lowest BCUT2D eigenvalue weighted by molar-refractivity contribution is -0.156. The molecule has 0 saturated heterocycles. The minimum Gasteiger partial charge on any atom is -0.459 e. The number of esters is 1. The topological polar surface area (TPSA) is 98.5 Å². The highest BCUT2D eigenvalue weighted by Crippen LogP contribution is 2.19. The number of nitrogens with zero attached hydrogens (tertiary/aromatic N) is 1. The first-order valence-corrected chi connectivity index (χ1v) is 7.60. The van der Waals surface area contributed by atoms with Crippen molar-refractivity contribution in [2.45, 2.75) is 58.1 Å². The molecule has 0 bridgehead atoms. The molecule has 114 valence electrons. The normalized spacial score (nSPS) is 14.1. The molecule has 0 radical (unpaired) electrons. The fourth-order valence-electron chi connectivity index (χ4n) is 1.59. The first-order valence-electron chi connectivity index (χ1n) is 6.12. The second-order valence-corrected chi connectivity index (χ2v) is 7.18. The molecule has 0 aliphatic rings. The Morgan fingerprint density at radius 3 is 2.30 bits per heavy atom. The van der Waals surface area contributed by atoms with E-state index in [1.165, 1.54) is 20.8 Å². The SMILES string of the molecule is Cc1noc(C)c1S(=O)(=O)N[C@H](C)C(=O)OC(C)(C)C. The predicted molar refractivity (Wildman–Crippen MR) is 71.6 cm³/mol. The second kappa shape index (κ2) is 5.53. The summed E-state index contributed by atoms with van der Waals surface area (Å²) in [5, 5.41) is 3.58. The minimum atomic E-state index is -3.89. The van der Waals surface area contributed by atoms with Gasteiger partial charge in [0.2, 0.25) is 10.0 Å². The van der Waals surface area contributed by atoms with Gasteiger partial charge < -0.3 is 9.26 Å². The maximum absolute atomic E-state index is 12.2. The zero-order chi connectivity index (χ0) is 15.7. The van der Waals surface area contributed by atoms with Crippen molar-refractivity contribution >= 4 is 16.0 Å². The fraction of sp³-hybridized carbons (Fsp3) is 0.667. The Kier molecular flexibility index (Phi) is 4.60. The Morgan fingerprint density at radius 1 is 1.35 bits per heavy atom. The number of nitrogens with one attached hydrogen (secondary N) is 1. The molecule has 8 heteroatoms. The number of hydrogen-bond acceptors (Lipinski definition) is 6. The fourth-order valence-corrected chi connectivity index (χ4v) is 3.11. The molecule has 0 saturated carbocycles. The Hall–Kier alpha value is -1.41. The van der Waals surface area contributed by atoms with Crippen LogP contribution in [0.3, 0.4) is 0 Å². The van der Waals surface area contributed by atoms with Crippen LogP contribution >= 0.6 is 0 Å². The molecule has 0 aliphatic heterocycles. The molecule has 20 heavy (non-hydrogen) atoms. The summed E-state index contributed by atoms with van der Waals surface area (Å²) in [6, 6.07) is -1.01. The third kappa shape index (κ3) is 4.04. The summed E-state index contributed by atoms with van der Waals surface area (Å²) in [6.45, 7) is 9.56. The summed E-state index contributed by atoms with van der Waals surface area (Å²) in [7, 11) is -3.89. The summed E-state index contributed by atoms with van der Waals surface area (Å²) in [6.07, 6.45) is 0. The Bertz CT molecular complexity index is 578. The van der Waals surface area contributed by atoms with Crippen LogP contribution in [0.1, 0.15) is 39.1 Å². The van der Waals surface area contributed by atoms with Gasteiger partial charge in [-0.1, -0.05) is 5.16 Å². The zero-order valence-electron chi connectivity index (χ0n) is 12.5. The van der Waals surface area contributed by atoms with Crippen LogP contribution in [0.25, 0.3) is 0 Å². The van der Waals surface area contributed by atoms with Crippen molar-refractivity contribution in [3.05, 3.63) is 11.5 Å². The van der Waals surface area contributed by atoms with Crippen LogP contribution in [-0.2, 0) is 19.6 Å². The highest BCUT2D eigenvalue weighted by molar-refractivity contribution is 7.89. The summed E-state index contributed by atoms with van der Waals surface area (Å²) >= 11 is 0. The number of aryl methyl sites for hydroxylation is 2. The van der Waals surface area contributed by atoms with E-state index in [2.05, 4.69) is 9.88 Å². The Labute approximate surface area is 118 Å². The van der Waals surface area contributed by atoms with Crippen LogP contribution in [0.5, 0.6) is 0 Å². The molecular weight excluding hydrogens is 284 g/mol. The van der Waals surface area contributed by atoms with Gasteiger partial charge in [0.05, 0.1) is 0 Å². The Morgan fingerprint density at radius 2 is 1.90 bits per heavy atom. The van der Waals surface area contributed by atoms with Gasteiger partial charge in [0.1, 0.15) is 22.2 Å². The largest absolute Gasteiger partial charge is 0.459 e. The average Bonchev–Trinajstić information content (AvgIpc) is 2.55. The summed E-state index contributed by atoms with van der Waals surface area (Å²) in [5.74, 6) is -0.473. The van der Waals surface area contributed by atoms with E-state index in [4.69, 9.17) is 9.26 Å². The van der Waals surface area contributed by atoms with Crippen molar-refractivity contribution in [1.82, 2.24) is 9.88 Å². The second-order valence-electron chi connectivity index (χ2n) is 5.53. The molecule has 0 aromatic carbocycles. The van der Waals surface area contributed by atoms with Gasteiger partial charge in [-0.25, -0.2) is 8.42 Å². The smallest absolute Gasteiger partial charge is 0.324 e. The lowest BCUT2D eigenvalue weighted by Gasteiger charge is -2.22. The van der Waals surface area contributed by atoms with E-state index in [0.717, 1.165) is 0 Å². The predicted octanol–water partition coefficient (Wildman–Crippen LogP) is 1.30. The summed E-state index contributed by atoms with van der Waals surface area (Å²) in [4.78, 5) is 11.7.